The Kier molecular flexibility index (Phi) is 4.91. The van der Waals surface area contributed by atoms with Gasteiger partial charge in [-0.25, -0.2) is 13.8 Å². The molecule has 0 bridgehead atoms. The highest BCUT2D eigenvalue weighted by Crippen LogP contribution is 2.73. The highest BCUT2D eigenvalue weighted by atomic mass is 19.1. The summed E-state index contributed by atoms with van der Waals surface area (Å²) in [6.45, 7) is 4.39. The van der Waals surface area contributed by atoms with E-state index in [0.29, 0.717) is 12.3 Å². The maximum atomic E-state index is 17.5. The van der Waals surface area contributed by atoms with Crippen molar-refractivity contribution in [1.82, 2.24) is 0 Å². The number of fused-ring (bicyclic) bond motifs is 7. The fourth-order valence-corrected chi connectivity index (χ4v) is 8.81. The first-order valence-corrected chi connectivity index (χ1v) is 12.6. The topological polar surface area (TPSA) is 100 Å². The van der Waals surface area contributed by atoms with E-state index < -0.39 is 64.5 Å². The Bertz CT molecular complexity index is 1200. The van der Waals surface area contributed by atoms with E-state index in [-0.39, 0.29) is 36.3 Å². The summed E-state index contributed by atoms with van der Waals surface area (Å²) in [5.74, 6) is -2.31. The molecule has 9 heteroatoms. The van der Waals surface area contributed by atoms with Crippen LogP contribution in [-0.4, -0.2) is 58.5 Å². The van der Waals surface area contributed by atoms with Crippen LogP contribution in [0.2, 0.25) is 0 Å². The normalized spacial score (nSPS) is 47.5. The van der Waals surface area contributed by atoms with Crippen molar-refractivity contribution < 1.29 is 37.8 Å². The van der Waals surface area contributed by atoms with Crippen molar-refractivity contribution in [3.8, 4) is 0 Å². The second kappa shape index (κ2) is 7.36. The predicted octanol–water partition coefficient (Wildman–Crippen LogP) is 3.27. The van der Waals surface area contributed by atoms with Gasteiger partial charge >= 0.3 is 0 Å². The number of aliphatic hydroxyl groups is 2. The van der Waals surface area contributed by atoms with Crippen LogP contribution in [0.1, 0.15) is 40.0 Å². The van der Waals surface area contributed by atoms with E-state index in [4.69, 9.17) is 9.25 Å². The molecular weight excluding hydrogens is 472 g/mol. The average molecular weight is 504 g/mol. The van der Waals surface area contributed by atoms with Crippen molar-refractivity contribution in [3.63, 3.8) is 0 Å². The fourth-order valence-electron chi connectivity index (χ4n) is 8.81. The highest BCUT2D eigenvalue weighted by Gasteiger charge is 2.79. The molecule has 4 aliphatic carbocycles. The molecule has 3 saturated carbocycles. The highest BCUT2D eigenvalue weighted by molar-refractivity contribution is 6.05. The second-order valence-electron chi connectivity index (χ2n) is 11.6. The van der Waals surface area contributed by atoms with Gasteiger partial charge in [-0.15, -0.1) is 0 Å². The number of nitrogens with zero attached hydrogens (tertiary/aromatic N) is 1. The van der Waals surface area contributed by atoms with Gasteiger partial charge in [0.2, 0.25) is 5.88 Å². The number of allylic oxidation sites excluding steroid dienone is 4. The molecule has 36 heavy (non-hydrogen) atoms. The predicted molar refractivity (Wildman–Crippen MR) is 124 cm³/mol. The van der Waals surface area contributed by atoms with Crippen LogP contribution in [0.5, 0.6) is 0 Å². The molecule has 1 saturated heterocycles. The summed E-state index contributed by atoms with van der Waals surface area (Å²) in [7, 11) is 0. The van der Waals surface area contributed by atoms with Crippen LogP contribution in [0.15, 0.2) is 46.1 Å². The Balaban J connectivity index is 1.47. The van der Waals surface area contributed by atoms with E-state index in [0.717, 1.165) is 0 Å². The zero-order chi connectivity index (χ0) is 25.8. The zero-order valence-corrected chi connectivity index (χ0v) is 20.5. The van der Waals surface area contributed by atoms with E-state index in [1.165, 1.54) is 30.4 Å². The Labute approximate surface area is 207 Å². The molecule has 0 aromatic carbocycles. The minimum atomic E-state index is -2.24. The maximum absolute atomic E-state index is 17.5. The Morgan fingerprint density at radius 2 is 2.03 bits per heavy atom. The number of halogens is 2. The van der Waals surface area contributed by atoms with Crippen molar-refractivity contribution >= 4 is 17.5 Å². The summed E-state index contributed by atoms with van der Waals surface area (Å²) in [6.07, 6.45) is 1.13. The number of hydrogen-bond acceptors (Lipinski definition) is 7. The summed E-state index contributed by atoms with van der Waals surface area (Å²) in [4.78, 5) is 32.1. The first-order valence-electron chi connectivity index (χ1n) is 12.6. The number of alkyl halides is 2. The number of Topliss-reactive ketones (excluding diaryl/α,β-unsaturated/α-hetero) is 1. The van der Waals surface area contributed by atoms with Crippen molar-refractivity contribution in [2.24, 2.45) is 28.6 Å². The number of carbonyl (C=O) groups is 2. The lowest BCUT2D eigenvalue weighted by Gasteiger charge is -2.63. The van der Waals surface area contributed by atoms with Crippen molar-refractivity contribution in [3.05, 3.63) is 41.7 Å². The molecule has 1 aliphatic heterocycles. The molecule has 5 aliphatic rings. The Morgan fingerprint density at radius 3 is 2.69 bits per heavy atom. The molecule has 0 spiro atoms. The fraction of sp³-hybridized carbons (Fsp3) is 0.630. The number of hydrogen-bond donors (Lipinski definition) is 2. The lowest BCUT2D eigenvalue weighted by molar-refractivity contribution is -0.228. The van der Waals surface area contributed by atoms with Crippen LogP contribution >= 0.6 is 0 Å². The number of anilines is 1. The van der Waals surface area contributed by atoms with Crippen molar-refractivity contribution in [1.29, 1.82) is 0 Å². The molecule has 7 nitrogen and oxygen atoms in total. The van der Waals surface area contributed by atoms with Gasteiger partial charge in [-0.1, -0.05) is 13.0 Å². The van der Waals surface area contributed by atoms with Gasteiger partial charge in [-0.2, -0.15) is 0 Å². The van der Waals surface area contributed by atoms with Gasteiger partial charge in [-0.3, -0.25) is 14.4 Å². The van der Waals surface area contributed by atoms with E-state index in [1.807, 2.05) is 0 Å². The molecule has 0 radical (unpaired) electrons. The SMILES string of the molecule is CC1=C2[C@@H](F)C[C@H]3[C@@H]4C[C@H]5CN(c6ccco6)O[C@@]5(C(=O)CO)[C@@]4(C)C[C@H](O)[C@]3(F)[C@@]2(C)C=CC1=O. The third-order valence-electron chi connectivity index (χ3n) is 10.3. The smallest absolute Gasteiger partial charge is 0.218 e. The summed E-state index contributed by atoms with van der Waals surface area (Å²) >= 11 is 0. The van der Waals surface area contributed by atoms with Gasteiger partial charge in [0, 0.05) is 28.7 Å². The summed E-state index contributed by atoms with van der Waals surface area (Å²) < 4.78 is 38.8. The van der Waals surface area contributed by atoms with Crippen LogP contribution in [0, 0.1) is 28.6 Å². The number of furan rings is 1. The molecule has 6 rings (SSSR count). The van der Waals surface area contributed by atoms with E-state index >= 15 is 8.78 Å². The van der Waals surface area contributed by atoms with Crippen LogP contribution in [-0.2, 0) is 14.4 Å². The lowest BCUT2D eigenvalue weighted by Crippen LogP contribution is -2.71. The second-order valence-corrected chi connectivity index (χ2v) is 11.6. The number of rotatable bonds is 3. The molecule has 4 fully saturated rings. The molecule has 194 valence electrons. The standard InChI is InChI=1S/C27H31F2NO6/c1-14-19(32)6-7-24(2)23(14)18(28)10-17-16-9-15-12-30(22-5-4-8-35-22)36-27(15,21(34)13-31)25(16,3)11-20(33)26(17,24)29/h4-8,15-18,20,31,33H,9-13H2,1-3H3/t15-,16-,17-,18-,20-,24-,25-,26-,27-/m0/s1. The third kappa shape index (κ3) is 2.52. The Morgan fingerprint density at radius 1 is 1.28 bits per heavy atom. The lowest BCUT2D eigenvalue weighted by atomic mass is 9.44. The summed E-state index contributed by atoms with van der Waals surface area (Å²) in [5, 5.41) is 23.0. The number of hydroxylamine groups is 1. The van der Waals surface area contributed by atoms with Crippen molar-refractivity contribution in [2.75, 3.05) is 18.2 Å². The van der Waals surface area contributed by atoms with E-state index in [2.05, 4.69) is 0 Å². The molecule has 1 aromatic rings. The number of carbonyl (C=O) groups excluding carboxylic acids is 2. The summed E-state index contributed by atoms with van der Waals surface area (Å²) in [6, 6.07) is 3.39. The number of aliphatic hydroxyl groups excluding tert-OH is 2. The maximum Gasteiger partial charge on any atom is 0.218 e. The van der Waals surface area contributed by atoms with E-state index in [9.17, 15) is 19.8 Å². The van der Waals surface area contributed by atoms with Gasteiger partial charge in [0.25, 0.3) is 0 Å². The first kappa shape index (κ1) is 24.0. The number of ketones is 2. The monoisotopic (exact) mass is 503 g/mol. The first-order chi connectivity index (χ1) is 17.0. The quantitative estimate of drug-likeness (QED) is 0.653. The van der Waals surface area contributed by atoms with Gasteiger partial charge in [0.05, 0.1) is 18.9 Å². The average Bonchev–Trinajstić information content (AvgIpc) is 3.54. The van der Waals surface area contributed by atoms with Gasteiger partial charge in [-0.05, 0) is 62.3 Å². The van der Waals surface area contributed by atoms with Crippen LogP contribution in [0.4, 0.5) is 14.7 Å². The zero-order valence-electron chi connectivity index (χ0n) is 20.5. The molecule has 0 amide bonds. The third-order valence-corrected chi connectivity index (χ3v) is 10.3. The van der Waals surface area contributed by atoms with E-state index in [1.54, 1.807) is 26.0 Å². The van der Waals surface area contributed by atoms with Crippen molar-refractivity contribution in [2.45, 2.75) is 63.6 Å². The molecule has 0 unspecified atom stereocenters. The van der Waals surface area contributed by atoms with Crippen LogP contribution in [0.25, 0.3) is 0 Å². The molecule has 1 aromatic heterocycles. The van der Waals surface area contributed by atoms with Gasteiger partial charge < -0.3 is 14.6 Å². The van der Waals surface area contributed by atoms with Crippen LogP contribution in [0.3, 0.4) is 0 Å². The van der Waals surface area contributed by atoms with Crippen LogP contribution < -0.4 is 5.06 Å². The van der Waals surface area contributed by atoms with Gasteiger partial charge in [0.15, 0.2) is 22.8 Å². The minimum Gasteiger partial charge on any atom is -0.447 e. The summed E-state index contributed by atoms with van der Waals surface area (Å²) in [5.41, 5.74) is -6.03. The molecule has 2 N–H and O–H groups in total. The molecule has 9 atom stereocenters. The molecular formula is C27H31F2NO6. The minimum absolute atomic E-state index is 0.107. The Hall–Kier alpha value is -2.36. The molecule has 2 heterocycles. The van der Waals surface area contributed by atoms with Gasteiger partial charge in [0.1, 0.15) is 12.8 Å². The largest absolute Gasteiger partial charge is 0.447 e.